The Balaban J connectivity index is 2.15. The van der Waals surface area contributed by atoms with Crippen molar-refractivity contribution in [2.45, 2.75) is 19.6 Å². The molecule has 5 heteroatoms. The summed E-state index contributed by atoms with van der Waals surface area (Å²) in [5.41, 5.74) is 7.92. The van der Waals surface area contributed by atoms with E-state index in [4.69, 9.17) is 10.5 Å². The van der Waals surface area contributed by atoms with Crippen LogP contribution in [-0.4, -0.2) is 12.5 Å². The highest BCUT2D eigenvalue weighted by Crippen LogP contribution is 2.24. The molecule has 24 heavy (non-hydrogen) atoms. The van der Waals surface area contributed by atoms with E-state index >= 15 is 0 Å². The molecule has 0 bridgehead atoms. The first-order valence-corrected chi connectivity index (χ1v) is 7.56. The first kappa shape index (κ1) is 17.6. The first-order valence-electron chi connectivity index (χ1n) is 7.56. The second kappa shape index (κ2) is 8.74. The molecule has 0 amide bonds. The summed E-state index contributed by atoms with van der Waals surface area (Å²) in [7, 11) is 0. The van der Waals surface area contributed by atoms with Gasteiger partial charge in [0.15, 0.2) is 12.5 Å². The third-order valence-electron chi connectivity index (χ3n) is 3.45. The number of hydrogen-bond donors (Lipinski definition) is 2. The molecule has 0 unspecified atom stereocenters. The highest BCUT2D eigenvalue weighted by molar-refractivity contribution is 5.81. The molecule has 0 saturated heterocycles. The van der Waals surface area contributed by atoms with E-state index in [0.717, 1.165) is 5.56 Å². The molecule has 0 radical (unpaired) electrons. The van der Waals surface area contributed by atoms with Gasteiger partial charge in [-0.15, -0.1) is 0 Å². The van der Waals surface area contributed by atoms with E-state index < -0.39 is 0 Å². The number of allylic oxidation sites excluding steroid dienone is 2. The average Bonchev–Trinajstić information content (AvgIpc) is 2.61. The molecule has 0 heterocycles. The van der Waals surface area contributed by atoms with E-state index in [1.54, 1.807) is 6.07 Å². The molecule has 2 rings (SSSR count). The van der Waals surface area contributed by atoms with E-state index in [2.05, 4.69) is 4.99 Å². The summed E-state index contributed by atoms with van der Waals surface area (Å²) >= 11 is 0. The Labute approximate surface area is 140 Å². The highest BCUT2D eigenvalue weighted by atomic mass is 19.1. The summed E-state index contributed by atoms with van der Waals surface area (Å²) in [6, 6.07) is 14.2. The highest BCUT2D eigenvalue weighted by Gasteiger charge is 2.15. The zero-order chi connectivity index (χ0) is 17.4. The van der Waals surface area contributed by atoms with E-state index in [1.807, 2.05) is 37.3 Å². The van der Waals surface area contributed by atoms with Crippen LogP contribution in [0.4, 0.5) is 10.1 Å². The van der Waals surface area contributed by atoms with E-state index in [9.17, 15) is 9.18 Å². The third-order valence-corrected chi connectivity index (χ3v) is 3.45. The SMILES string of the molecule is C[C@@H](OCc1ccccc1)c1cc(F)ccc1[NH+]=CC=C(N)C=O. The Morgan fingerprint density at radius 1 is 1.29 bits per heavy atom. The molecule has 0 aromatic heterocycles. The third kappa shape index (κ3) is 5.14. The molecule has 0 saturated carbocycles. The molecular formula is C19H20FN2O2+. The van der Waals surface area contributed by atoms with Crippen molar-refractivity contribution >= 4 is 18.2 Å². The Kier molecular flexibility index (Phi) is 6.40. The second-order valence-electron chi connectivity index (χ2n) is 5.27. The van der Waals surface area contributed by atoms with Crippen LogP contribution < -0.4 is 10.7 Å². The van der Waals surface area contributed by atoms with Crippen molar-refractivity contribution in [2.24, 2.45) is 5.73 Å². The minimum Gasteiger partial charge on any atom is -0.396 e. The lowest BCUT2D eigenvalue weighted by Gasteiger charge is -2.13. The summed E-state index contributed by atoms with van der Waals surface area (Å²) in [6.45, 7) is 2.29. The summed E-state index contributed by atoms with van der Waals surface area (Å²) in [4.78, 5) is 13.5. The smallest absolute Gasteiger partial charge is 0.209 e. The summed E-state index contributed by atoms with van der Waals surface area (Å²) in [6.07, 6.45) is 3.21. The summed E-state index contributed by atoms with van der Waals surface area (Å²) in [5, 5.41) is 0. The van der Waals surface area contributed by atoms with Gasteiger partial charge < -0.3 is 10.5 Å². The van der Waals surface area contributed by atoms with Gasteiger partial charge in [0.1, 0.15) is 5.82 Å². The van der Waals surface area contributed by atoms with Gasteiger partial charge in [-0.2, -0.15) is 0 Å². The Morgan fingerprint density at radius 2 is 2.04 bits per heavy atom. The number of hydrogen-bond acceptors (Lipinski definition) is 3. The number of nitrogens with two attached hydrogens (primary N) is 1. The lowest BCUT2D eigenvalue weighted by atomic mass is 10.1. The molecule has 0 aliphatic heterocycles. The van der Waals surface area contributed by atoms with Gasteiger partial charge in [-0.1, -0.05) is 30.3 Å². The monoisotopic (exact) mass is 327 g/mol. The topological polar surface area (TPSA) is 66.3 Å². The van der Waals surface area contributed by atoms with Crippen LogP contribution in [-0.2, 0) is 16.1 Å². The standard InChI is InChI=1S/C19H19FN2O2/c1-14(24-13-15-5-3-2-4-6-15)18-11-16(20)7-8-19(18)22-10-9-17(21)12-23/h2-12,14H,13,21H2,1H3/p+1/t14-/m1/s1. The fourth-order valence-electron chi connectivity index (χ4n) is 2.15. The van der Waals surface area contributed by atoms with Crippen molar-refractivity contribution in [1.82, 2.24) is 0 Å². The van der Waals surface area contributed by atoms with Crippen LogP contribution in [0.2, 0.25) is 0 Å². The molecule has 2 aromatic rings. The van der Waals surface area contributed by atoms with Gasteiger partial charge >= 0.3 is 0 Å². The molecule has 124 valence electrons. The maximum atomic E-state index is 13.6. The molecular weight excluding hydrogens is 307 g/mol. The van der Waals surface area contributed by atoms with Crippen molar-refractivity contribution in [3.63, 3.8) is 0 Å². The predicted molar refractivity (Wildman–Crippen MR) is 91.1 cm³/mol. The fraction of sp³-hybridized carbons (Fsp3) is 0.158. The number of nitrogens with one attached hydrogen (secondary N) is 1. The average molecular weight is 327 g/mol. The van der Waals surface area contributed by atoms with Crippen molar-refractivity contribution in [2.75, 3.05) is 0 Å². The minimum absolute atomic E-state index is 0.0968. The van der Waals surface area contributed by atoms with Gasteiger partial charge in [0.2, 0.25) is 5.69 Å². The summed E-state index contributed by atoms with van der Waals surface area (Å²) < 4.78 is 19.4. The normalized spacial score (nSPS) is 13.2. The molecule has 0 aliphatic rings. The van der Waals surface area contributed by atoms with Crippen molar-refractivity contribution in [3.05, 3.63) is 77.2 Å². The minimum atomic E-state index is -0.339. The van der Waals surface area contributed by atoms with Crippen LogP contribution in [0.25, 0.3) is 0 Å². The number of benzene rings is 2. The van der Waals surface area contributed by atoms with E-state index in [-0.39, 0.29) is 17.6 Å². The lowest BCUT2D eigenvalue weighted by molar-refractivity contribution is -0.348. The second-order valence-corrected chi connectivity index (χ2v) is 5.27. The number of carbonyl (C=O) groups excluding carboxylic acids is 1. The van der Waals surface area contributed by atoms with Crippen LogP contribution in [0, 0.1) is 5.82 Å². The number of aldehydes is 1. The van der Waals surface area contributed by atoms with Crippen LogP contribution in [0.15, 0.2) is 60.3 Å². The van der Waals surface area contributed by atoms with Crippen LogP contribution in [0.5, 0.6) is 0 Å². The maximum Gasteiger partial charge on any atom is 0.209 e. The van der Waals surface area contributed by atoms with E-state index in [1.165, 1.54) is 24.4 Å². The van der Waals surface area contributed by atoms with E-state index in [0.29, 0.717) is 24.1 Å². The molecule has 0 spiro atoms. The molecule has 1 atom stereocenters. The van der Waals surface area contributed by atoms with Crippen LogP contribution in [0.1, 0.15) is 24.2 Å². The van der Waals surface area contributed by atoms with Gasteiger partial charge in [-0.05, 0) is 24.6 Å². The molecule has 4 nitrogen and oxygen atoms in total. The van der Waals surface area contributed by atoms with Gasteiger partial charge in [-0.25, -0.2) is 9.38 Å². The fourth-order valence-corrected chi connectivity index (χ4v) is 2.15. The maximum absolute atomic E-state index is 13.6. The Hall–Kier alpha value is -2.79. The van der Waals surface area contributed by atoms with Crippen molar-refractivity contribution in [3.8, 4) is 0 Å². The van der Waals surface area contributed by atoms with Crippen molar-refractivity contribution in [1.29, 1.82) is 0 Å². The van der Waals surface area contributed by atoms with Crippen molar-refractivity contribution < 1.29 is 18.9 Å². The van der Waals surface area contributed by atoms with Crippen LogP contribution in [0.3, 0.4) is 0 Å². The Morgan fingerprint density at radius 3 is 2.75 bits per heavy atom. The number of carbonyl (C=O) groups is 1. The Bertz CT molecular complexity index is 742. The summed E-state index contributed by atoms with van der Waals surface area (Å²) in [5.74, 6) is -0.339. The number of ether oxygens (including phenoxy) is 1. The van der Waals surface area contributed by atoms with Gasteiger partial charge in [0, 0.05) is 12.1 Å². The number of halogens is 1. The predicted octanol–water partition coefficient (Wildman–Crippen LogP) is 1.93. The van der Waals surface area contributed by atoms with Gasteiger partial charge in [0.05, 0.1) is 24.0 Å². The largest absolute Gasteiger partial charge is 0.396 e. The molecule has 2 aromatic carbocycles. The lowest BCUT2D eigenvalue weighted by Crippen LogP contribution is -2.61. The van der Waals surface area contributed by atoms with Crippen LogP contribution >= 0.6 is 0 Å². The first-order chi connectivity index (χ1) is 11.6. The quantitative estimate of drug-likeness (QED) is 0.464. The molecule has 0 fully saturated rings. The molecule has 0 aliphatic carbocycles. The molecule has 3 N–H and O–H groups in total. The zero-order valence-corrected chi connectivity index (χ0v) is 13.4. The number of rotatable bonds is 7. The zero-order valence-electron chi connectivity index (χ0n) is 13.4. The van der Waals surface area contributed by atoms with Gasteiger partial charge in [0.25, 0.3) is 0 Å². The van der Waals surface area contributed by atoms with Gasteiger partial charge in [-0.3, -0.25) is 4.79 Å².